The van der Waals surface area contributed by atoms with E-state index in [4.69, 9.17) is 0 Å². The molecule has 2 bridgehead atoms. The Morgan fingerprint density at radius 2 is 1.48 bits per heavy atom. The van der Waals surface area contributed by atoms with Crippen LogP contribution in [0.2, 0.25) is 0 Å². The lowest BCUT2D eigenvalue weighted by molar-refractivity contribution is -0.140. The summed E-state index contributed by atoms with van der Waals surface area (Å²) >= 11 is 0. The van der Waals surface area contributed by atoms with Crippen molar-refractivity contribution >= 4 is 39.5 Å². The van der Waals surface area contributed by atoms with Crippen LogP contribution in [0.5, 0.6) is 0 Å². The highest BCUT2D eigenvalue weighted by Crippen LogP contribution is 2.46. The summed E-state index contributed by atoms with van der Waals surface area (Å²) in [6.45, 7) is 4.74. The summed E-state index contributed by atoms with van der Waals surface area (Å²) in [4.78, 5) is 51.5. The zero-order chi connectivity index (χ0) is 36.7. The smallest absolute Gasteiger partial charge is 0.245 e. The molecule has 3 fully saturated rings. The molecular weight excluding hydrogens is 664 g/mol. The molecule has 2 aromatic carbocycles. The largest absolute Gasteiger partial charge is 0.353 e. The zero-order valence-corrected chi connectivity index (χ0v) is 30.6. The molecule has 1 aliphatic carbocycles. The molecule has 52 heavy (non-hydrogen) atoms. The summed E-state index contributed by atoms with van der Waals surface area (Å²) in [6.07, 6.45) is 6.90. The standard InChI is InChI=1S/C40H51F2N7O3/c1-5-31(44-4)39(51)48-15-7-8-25(48)19-29-27-13-10-23(41)17-33(27)46-37(29)38-30(28-14-11-24(42)18-34(28)47-38)20-35-22-9-12-26(16-22)49(35)40(52)32(6-2)45-36(50)21-43-3/h10-11,13-14,17-18,22,25-26,31-32,35,43-44,46-47H,5-9,12,15-16,19-21H2,1-4H3,(H,45,50). The van der Waals surface area contributed by atoms with Gasteiger partial charge >= 0.3 is 0 Å². The highest BCUT2D eigenvalue weighted by atomic mass is 19.1. The maximum Gasteiger partial charge on any atom is 0.245 e. The molecule has 2 saturated heterocycles. The molecule has 2 aliphatic heterocycles. The van der Waals surface area contributed by atoms with Crippen molar-refractivity contribution in [1.82, 2.24) is 35.7 Å². The van der Waals surface area contributed by atoms with Crippen LogP contribution < -0.4 is 16.0 Å². The molecule has 0 radical (unpaired) electrons. The van der Waals surface area contributed by atoms with Crippen molar-refractivity contribution in [3.05, 3.63) is 59.2 Å². The molecule has 5 N–H and O–H groups in total. The van der Waals surface area contributed by atoms with Gasteiger partial charge in [0.05, 0.1) is 24.0 Å². The summed E-state index contributed by atoms with van der Waals surface area (Å²) in [7, 11) is 3.52. The molecule has 4 aromatic rings. The molecule has 3 amide bonds. The van der Waals surface area contributed by atoms with Gasteiger partial charge in [-0.3, -0.25) is 14.4 Å². The number of nitrogens with one attached hydrogen (secondary N) is 5. The number of aromatic amines is 2. The van der Waals surface area contributed by atoms with Gasteiger partial charge in [-0.05, 0) is 125 Å². The van der Waals surface area contributed by atoms with Crippen LogP contribution in [0.4, 0.5) is 8.78 Å². The second kappa shape index (κ2) is 15.0. The third kappa shape index (κ3) is 6.59. The molecule has 3 aliphatic rings. The van der Waals surface area contributed by atoms with Crippen molar-refractivity contribution in [1.29, 1.82) is 0 Å². The Morgan fingerprint density at radius 1 is 0.846 bits per heavy atom. The first-order valence-corrected chi connectivity index (χ1v) is 19.0. The number of carbonyl (C=O) groups is 3. The predicted octanol–water partition coefficient (Wildman–Crippen LogP) is 5.16. The van der Waals surface area contributed by atoms with Gasteiger partial charge in [0.25, 0.3) is 0 Å². The van der Waals surface area contributed by atoms with E-state index in [0.29, 0.717) is 49.2 Å². The van der Waals surface area contributed by atoms with Crippen LogP contribution in [0.15, 0.2) is 36.4 Å². The van der Waals surface area contributed by atoms with Crippen molar-refractivity contribution in [2.45, 2.75) is 102 Å². The van der Waals surface area contributed by atoms with Crippen LogP contribution in [-0.2, 0) is 27.2 Å². The Morgan fingerprint density at radius 3 is 2.08 bits per heavy atom. The lowest BCUT2D eigenvalue weighted by Gasteiger charge is -2.38. The van der Waals surface area contributed by atoms with Crippen LogP contribution in [0, 0.1) is 17.6 Å². The fourth-order valence-corrected chi connectivity index (χ4v) is 9.42. The number of benzene rings is 2. The molecule has 4 heterocycles. The fraction of sp³-hybridized carbons (Fsp3) is 0.525. The molecule has 278 valence electrons. The van der Waals surface area contributed by atoms with E-state index in [1.165, 1.54) is 24.3 Å². The summed E-state index contributed by atoms with van der Waals surface area (Å²) in [5.41, 5.74) is 4.81. The summed E-state index contributed by atoms with van der Waals surface area (Å²) < 4.78 is 29.5. The number of carbonyl (C=O) groups excluding carboxylic acids is 3. The van der Waals surface area contributed by atoms with Gasteiger partial charge in [0, 0.05) is 46.5 Å². The number of rotatable bonds is 13. The van der Waals surface area contributed by atoms with Gasteiger partial charge in [-0.15, -0.1) is 0 Å². The molecule has 2 aromatic heterocycles. The zero-order valence-electron chi connectivity index (χ0n) is 30.6. The topological polar surface area (TPSA) is 125 Å². The number of hydrogen-bond donors (Lipinski definition) is 5. The Labute approximate surface area is 303 Å². The monoisotopic (exact) mass is 715 g/mol. The molecule has 6 atom stereocenters. The lowest BCUT2D eigenvalue weighted by Crippen LogP contribution is -2.55. The third-order valence-corrected chi connectivity index (χ3v) is 11.9. The van der Waals surface area contributed by atoms with E-state index in [0.717, 1.165) is 65.4 Å². The van der Waals surface area contributed by atoms with Gasteiger partial charge in [-0.2, -0.15) is 0 Å². The van der Waals surface area contributed by atoms with E-state index < -0.39 is 6.04 Å². The number of amides is 3. The Kier molecular flexibility index (Phi) is 10.4. The number of aromatic nitrogens is 2. The van der Waals surface area contributed by atoms with E-state index in [-0.39, 0.29) is 60.1 Å². The number of likely N-dealkylation sites (tertiary alicyclic amines) is 2. The van der Waals surface area contributed by atoms with E-state index in [2.05, 4.69) is 25.9 Å². The average molecular weight is 716 g/mol. The highest BCUT2D eigenvalue weighted by molar-refractivity contribution is 5.96. The van der Waals surface area contributed by atoms with E-state index >= 15 is 0 Å². The van der Waals surface area contributed by atoms with Crippen LogP contribution in [0.3, 0.4) is 0 Å². The number of halogens is 2. The number of hydrogen-bond acceptors (Lipinski definition) is 5. The lowest BCUT2D eigenvalue weighted by atomic mass is 9.89. The first-order valence-electron chi connectivity index (χ1n) is 19.0. The second-order valence-electron chi connectivity index (χ2n) is 14.9. The van der Waals surface area contributed by atoms with Gasteiger partial charge in [-0.1, -0.05) is 13.8 Å². The molecule has 12 heteroatoms. The molecule has 10 nitrogen and oxygen atoms in total. The molecule has 7 rings (SSSR count). The quantitative estimate of drug-likeness (QED) is 0.131. The number of fused-ring (bicyclic) bond motifs is 4. The van der Waals surface area contributed by atoms with Gasteiger partial charge in [0.1, 0.15) is 17.7 Å². The van der Waals surface area contributed by atoms with E-state index in [1.807, 2.05) is 30.7 Å². The van der Waals surface area contributed by atoms with E-state index in [1.54, 1.807) is 19.2 Å². The SMILES string of the molecule is CCC(NC)C(=O)N1CCCC1Cc1c(-c2[nH]c3cc(F)ccc3c2CC2C3CCC(C3)N2C(=O)C(CC)NC(=O)CNC)[nH]c2cc(F)ccc12. The minimum absolute atomic E-state index is 0.0363. The van der Waals surface area contributed by atoms with Crippen LogP contribution in [0.1, 0.15) is 69.9 Å². The first-order chi connectivity index (χ1) is 25.1. The Balaban J connectivity index is 1.30. The van der Waals surface area contributed by atoms with Crippen molar-refractivity contribution in [2.24, 2.45) is 5.92 Å². The summed E-state index contributed by atoms with van der Waals surface area (Å²) in [5.74, 6) is -0.601. The maximum absolute atomic E-state index is 14.8. The number of H-pyrrole nitrogens is 2. The van der Waals surface area contributed by atoms with Gasteiger partial charge in [-0.25, -0.2) is 8.78 Å². The predicted molar refractivity (Wildman–Crippen MR) is 199 cm³/mol. The Hall–Kier alpha value is -4.29. The maximum atomic E-state index is 14.8. The summed E-state index contributed by atoms with van der Waals surface area (Å²) in [6, 6.07) is 8.61. The van der Waals surface area contributed by atoms with Crippen molar-refractivity contribution in [3.63, 3.8) is 0 Å². The first kappa shape index (κ1) is 36.1. The van der Waals surface area contributed by atoms with Gasteiger partial charge < -0.3 is 35.7 Å². The number of nitrogens with zero attached hydrogens (tertiary/aromatic N) is 2. The molecular formula is C40H51F2N7O3. The minimum Gasteiger partial charge on any atom is -0.353 e. The average Bonchev–Trinajstić information content (AvgIpc) is 3.97. The van der Waals surface area contributed by atoms with Crippen LogP contribution in [0.25, 0.3) is 33.2 Å². The number of likely N-dealkylation sites (N-methyl/N-ethyl adjacent to an activating group) is 2. The van der Waals surface area contributed by atoms with Crippen molar-refractivity contribution in [3.8, 4) is 11.4 Å². The van der Waals surface area contributed by atoms with Crippen molar-refractivity contribution in [2.75, 3.05) is 27.2 Å². The second-order valence-corrected chi connectivity index (χ2v) is 14.9. The van der Waals surface area contributed by atoms with Crippen molar-refractivity contribution < 1.29 is 23.2 Å². The fourth-order valence-electron chi connectivity index (χ4n) is 9.42. The summed E-state index contributed by atoms with van der Waals surface area (Å²) in [5, 5.41) is 10.7. The molecule has 0 spiro atoms. The third-order valence-electron chi connectivity index (χ3n) is 11.9. The van der Waals surface area contributed by atoms with E-state index in [9.17, 15) is 23.2 Å². The van der Waals surface area contributed by atoms with Gasteiger partial charge in [0.15, 0.2) is 0 Å². The van der Waals surface area contributed by atoms with Crippen LogP contribution >= 0.6 is 0 Å². The highest BCUT2D eigenvalue weighted by Gasteiger charge is 2.49. The van der Waals surface area contributed by atoms with Crippen LogP contribution in [-0.4, -0.2) is 94.9 Å². The Bertz CT molecular complexity index is 1970. The molecule has 1 saturated carbocycles. The van der Waals surface area contributed by atoms with Gasteiger partial charge in [0.2, 0.25) is 17.7 Å². The number of piperidine rings is 1. The molecule has 6 unspecified atom stereocenters. The minimum atomic E-state index is -0.623. The normalized spacial score (nSPS) is 22.5.